The lowest BCUT2D eigenvalue weighted by Crippen LogP contribution is -2.41. The van der Waals surface area contributed by atoms with Crippen molar-refractivity contribution in [1.82, 2.24) is 30.0 Å². The molecule has 2 aromatic rings. The Bertz CT molecular complexity index is 781. The average Bonchev–Trinajstić information content (AvgIpc) is 3.14. The minimum absolute atomic E-state index is 0.0430. The second-order valence-electron chi connectivity index (χ2n) is 7.63. The van der Waals surface area contributed by atoms with E-state index in [0.29, 0.717) is 51.5 Å². The van der Waals surface area contributed by atoms with Crippen LogP contribution in [0.25, 0.3) is 0 Å². The van der Waals surface area contributed by atoms with Crippen LogP contribution >= 0.6 is 0 Å². The lowest BCUT2D eigenvalue weighted by atomic mass is 10.0. The number of tetrazole rings is 1. The van der Waals surface area contributed by atoms with Crippen molar-refractivity contribution in [3.8, 4) is 0 Å². The molecule has 1 fully saturated rings. The van der Waals surface area contributed by atoms with Crippen LogP contribution < -0.4 is 0 Å². The number of nitrogens with zero attached hydrogens (tertiary/aromatic N) is 6. The first-order valence-electron chi connectivity index (χ1n) is 10.0. The Morgan fingerprint density at radius 1 is 1.07 bits per heavy atom. The smallest absolute Gasteiger partial charge is 0.409 e. The highest BCUT2D eigenvalue weighted by atomic mass is 16.6. The third-order valence-electron chi connectivity index (χ3n) is 4.85. The quantitative estimate of drug-likeness (QED) is 0.734. The lowest BCUT2D eigenvalue weighted by molar-refractivity contribution is -0.135. The molecule has 3 rings (SSSR count). The molecule has 1 aliphatic heterocycles. The van der Waals surface area contributed by atoms with Crippen LogP contribution in [0.15, 0.2) is 36.7 Å². The fourth-order valence-electron chi connectivity index (χ4n) is 3.30. The van der Waals surface area contributed by atoms with E-state index in [1.54, 1.807) is 9.80 Å². The Morgan fingerprint density at radius 3 is 2.48 bits per heavy atom. The zero-order chi connectivity index (χ0) is 20.6. The van der Waals surface area contributed by atoms with E-state index in [0.717, 1.165) is 5.56 Å². The van der Waals surface area contributed by atoms with Crippen molar-refractivity contribution >= 4 is 12.0 Å². The van der Waals surface area contributed by atoms with Gasteiger partial charge in [0, 0.05) is 32.6 Å². The molecule has 0 saturated carbocycles. The summed E-state index contributed by atoms with van der Waals surface area (Å²) in [6.45, 7) is 6.48. The molecule has 0 spiro atoms. The molecule has 0 aliphatic carbocycles. The summed E-state index contributed by atoms with van der Waals surface area (Å²) in [6, 6.07) is 9.29. The van der Waals surface area contributed by atoms with Gasteiger partial charge < -0.3 is 14.5 Å². The highest BCUT2D eigenvalue weighted by Gasteiger charge is 2.30. The zero-order valence-electron chi connectivity index (χ0n) is 17.0. The molecule has 9 heteroatoms. The van der Waals surface area contributed by atoms with Gasteiger partial charge in [0.2, 0.25) is 5.91 Å². The molecule has 156 valence electrons. The molecular weight excluding hydrogens is 372 g/mol. The van der Waals surface area contributed by atoms with Crippen molar-refractivity contribution < 1.29 is 14.3 Å². The summed E-state index contributed by atoms with van der Waals surface area (Å²) in [6.07, 6.45) is 2.37. The SMILES string of the molecule is CC(C)COC(=O)N1CCCN(C(=O)[C@@H](Cc2ccccc2)n2cnnn2)CC1. The Kier molecular flexibility index (Phi) is 7.15. The number of amides is 2. The van der Waals surface area contributed by atoms with Crippen LogP contribution in [-0.2, 0) is 16.0 Å². The van der Waals surface area contributed by atoms with Gasteiger partial charge in [-0.3, -0.25) is 4.79 Å². The van der Waals surface area contributed by atoms with Crippen molar-refractivity contribution in [3.05, 3.63) is 42.2 Å². The van der Waals surface area contributed by atoms with E-state index in [2.05, 4.69) is 15.5 Å². The van der Waals surface area contributed by atoms with E-state index in [-0.39, 0.29) is 12.0 Å². The van der Waals surface area contributed by atoms with E-state index >= 15 is 0 Å². The highest BCUT2D eigenvalue weighted by molar-refractivity contribution is 5.81. The van der Waals surface area contributed by atoms with Crippen LogP contribution in [0, 0.1) is 5.92 Å². The Hall–Kier alpha value is -2.97. The number of hydrogen-bond acceptors (Lipinski definition) is 6. The Labute approximate surface area is 170 Å². The predicted octanol–water partition coefficient (Wildman–Crippen LogP) is 1.78. The van der Waals surface area contributed by atoms with Gasteiger partial charge in [-0.25, -0.2) is 9.48 Å². The van der Waals surface area contributed by atoms with E-state index < -0.39 is 6.04 Å². The number of benzene rings is 1. The molecule has 2 heterocycles. The van der Waals surface area contributed by atoms with Crippen molar-refractivity contribution in [2.75, 3.05) is 32.8 Å². The molecule has 9 nitrogen and oxygen atoms in total. The maximum Gasteiger partial charge on any atom is 0.409 e. The van der Waals surface area contributed by atoms with Crippen molar-refractivity contribution in [2.45, 2.75) is 32.7 Å². The molecule has 0 radical (unpaired) electrons. The fourth-order valence-corrected chi connectivity index (χ4v) is 3.30. The summed E-state index contributed by atoms with van der Waals surface area (Å²) in [5, 5.41) is 11.3. The average molecular weight is 400 g/mol. The second kappa shape index (κ2) is 9.99. The number of rotatable bonds is 6. The van der Waals surface area contributed by atoms with Crippen LogP contribution in [-0.4, -0.2) is 74.8 Å². The molecule has 1 aromatic carbocycles. The number of carbonyl (C=O) groups excluding carboxylic acids is 2. The lowest BCUT2D eigenvalue weighted by Gasteiger charge is -2.26. The molecule has 1 aromatic heterocycles. The minimum Gasteiger partial charge on any atom is -0.449 e. The number of ether oxygens (including phenoxy) is 1. The van der Waals surface area contributed by atoms with Crippen LogP contribution in [0.1, 0.15) is 31.9 Å². The molecule has 1 aliphatic rings. The summed E-state index contributed by atoms with van der Waals surface area (Å²) in [7, 11) is 0. The number of hydrogen-bond donors (Lipinski definition) is 0. The van der Waals surface area contributed by atoms with Gasteiger partial charge in [-0.1, -0.05) is 44.2 Å². The molecule has 29 heavy (non-hydrogen) atoms. The van der Waals surface area contributed by atoms with Gasteiger partial charge in [-0.05, 0) is 28.3 Å². The third kappa shape index (κ3) is 5.75. The van der Waals surface area contributed by atoms with Gasteiger partial charge in [0.25, 0.3) is 0 Å². The van der Waals surface area contributed by atoms with Crippen molar-refractivity contribution in [2.24, 2.45) is 5.92 Å². The van der Waals surface area contributed by atoms with Gasteiger partial charge in [-0.15, -0.1) is 5.10 Å². The maximum atomic E-state index is 13.3. The number of aromatic nitrogens is 4. The third-order valence-corrected chi connectivity index (χ3v) is 4.85. The first-order valence-corrected chi connectivity index (χ1v) is 10.0. The molecule has 1 saturated heterocycles. The Morgan fingerprint density at radius 2 is 1.79 bits per heavy atom. The Balaban J connectivity index is 1.66. The molecule has 2 amide bonds. The standard InChI is InChI=1S/C20H28N6O3/c1-16(2)14-29-20(28)25-10-6-9-24(11-12-25)19(27)18(26-15-21-22-23-26)13-17-7-4-3-5-8-17/h3-5,7-8,15-16,18H,6,9-14H2,1-2H3/t18-/m1/s1. The largest absolute Gasteiger partial charge is 0.449 e. The molecule has 0 bridgehead atoms. The summed E-state index contributed by atoms with van der Waals surface area (Å²) in [5.41, 5.74) is 1.04. The normalized spacial score (nSPS) is 15.8. The van der Waals surface area contributed by atoms with E-state index in [9.17, 15) is 9.59 Å². The van der Waals surface area contributed by atoms with E-state index in [1.807, 2.05) is 44.2 Å². The highest BCUT2D eigenvalue weighted by Crippen LogP contribution is 2.18. The maximum absolute atomic E-state index is 13.3. The van der Waals surface area contributed by atoms with Crippen molar-refractivity contribution in [3.63, 3.8) is 0 Å². The minimum atomic E-state index is -0.521. The molecule has 0 N–H and O–H groups in total. The first-order chi connectivity index (χ1) is 14.0. The van der Waals surface area contributed by atoms with E-state index in [1.165, 1.54) is 11.0 Å². The van der Waals surface area contributed by atoms with Crippen LogP contribution in [0.4, 0.5) is 4.79 Å². The van der Waals surface area contributed by atoms with Gasteiger partial charge in [0.05, 0.1) is 6.61 Å². The summed E-state index contributed by atoms with van der Waals surface area (Å²) in [5.74, 6) is 0.248. The van der Waals surface area contributed by atoms with Gasteiger partial charge in [0.1, 0.15) is 12.4 Å². The van der Waals surface area contributed by atoms with Gasteiger partial charge in [0.15, 0.2) is 0 Å². The summed E-state index contributed by atoms with van der Waals surface area (Å²) in [4.78, 5) is 29.1. The van der Waals surface area contributed by atoms with Gasteiger partial charge in [-0.2, -0.15) is 0 Å². The number of carbonyl (C=O) groups is 2. The first kappa shape index (κ1) is 20.8. The second-order valence-corrected chi connectivity index (χ2v) is 7.63. The van der Waals surface area contributed by atoms with Crippen LogP contribution in [0.3, 0.4) is 0 Å². The van der Waals surface area contributed by atoms with Crippen LogP contribution in [0.5, 0.6) is 0 Å². The fraction of sp³-hybridized carbons (Fsp3) is 0.550. The summed E-state index contributed by atoms with van der Waals surface area (Å²) >= 11 is 0. The topological polar surface area (TPSA) is 93.5 Å². The predicted molar refractivity (Wildman–Crippen MR) is 106 cm³/mol. The molecular formula is C20H28N6O3. The van der Waals surface area contributed by atoms with E-state index in [4.69, 9.17) is 4.74 Å². The zero-order valence-corrected chi connectivity index (χ0v) is 17.0. The summed E-state index contributed by atoms with van der Waals surface area (Å²) < 4.78 is 6.84. The van der Waals surface area contributed by atoms with Crippen molar-refractivity contribution in [1.29, 1.82) is 0 Å². The van der Waals surface area contributed by atoms with Gasteiger partial charge >= 0.3 is 6.09 Å². The van der Waals surface area contributed by atoms with Crippen LogP contribution in [0.2, 0.25) is 0 Å². The molecule has 1 atom stereocenters. The molecule has 0 unspecified atom stereocenters. The monoisotopic (exact) mass is 400 g/mol.